The predicted octanol–water partition coefficient (Wildman–Crippen LogP) is 1.96. The van der Waals surface area contributed by atoms with Crippen molar-refractivity contribution in [2.45, 2.75) is 32.5 Å². The van der Waals surface area contributed by atoms with Gasteiger partial charge in [0.05, 0.1) is 0 Å². The van der Waals surface area contributed by atoms with Crippen LogP contribution in [0.5, 0.6) is 0 Å². The molecule has 138 valence electrons. The number of aromatic nitrogens is 7. The van der Waals surface area contributed by atoms with E-state index in [1.54, 1.807) is 24.0 Å². The van der Waals surface area contributed by atoms with Crippen molar-refractivity contribution in [1.82, 2.24) is 34.3 Å². The number of aryl methyl sites for hydroxylation is 1. The largest absolute Gasteiger partial charge is 0.453 e. The molecule has 0 N–H and O–H groups in total. The standard InChI is InChI=1S/C15H17F3N8/c1-10-5-12(26-14(21-10)22-13(23-26)15(16,17)18)24-4-2-3-11(6-24)7-25-9-19-8-20-25/h5,8-9,11H,2-4,6-7H2,1H3. The van der Waals surface area contributed by atoms with Crippen molar-refractivity contribution < 1.29 is 13.2 Å². The second-order valence-corrected chi connectivity index (χ2v) is 6.47. The van der Waals surface area contributed by atoms with Gasteiger partial charge in [0.2, 0.25) is 0 Å². The normalized spacial score (nSPS) is 18.6. The van der Waals surface area contributed by atoms with Crippen molar-refractivity contribution in [2.75, 3.05) is 18.0 Å². The van der Waals surface area contributed by atoms with Gasteiger partial charge in [0.15, 0.2) is 0 Å². The molecule has 4 heterocycles. The Labute approximate surface area is 146 Å². The van der Waals surface area contributed by atoms with Crippen LogP contribution in [0.4, 0.5) is 19.0 Å². The molecule has 4 rings (SSSR count). The lowest BCUT2D eigenvalue weighted by Crippen LogP contribution is -2.38. The summed E-state index contributed by atoms with van der Waals surface area (Å²) in [6, 6.07) is 1.75. The zero-order valence-corrected chi connectivity index (χ0v) is 14.1. The first-order chi connectivity index (χ1) is 12.4. The summed E-state index contributed by atoms with van der Waals surface area (Å²) in [6.45, 7) is 3.89. The van der Waals surface area contributed by atoms with Crippen LogP contribution in [0.1, 0.15) is 24.4 Å². The number of hydrogen-bond donors (Lipinski definition) is 0. The van der Waals surface area contributed by atoms with E-state index in [2.05, 4.69) is 25.1 Å². The van der Waals surface area contributed by atoms with Crippen molar-refractivity contribution in [1.29, 1.82) is 0 Å². The van der Waals surface area contributed by atoms with E-state index in [4.69, 9.17) is 0 Å². The molecule has 1 aliphatic rings. The SMILES string of the molecule is Cc1cc(N2CCCC(Cn3cncn3)C2)n2nc(C(F)(F)F)nc2n1. The Hall–Kier alpha value is -2.72. The summed E-state index contributed by atoms with van der Waals surface area (Å²) < 4.78 is 41.9. The number of anilines is 1. The first-order valence-corrected chi connectivity index (χ1v) is 8.29. The molecule has 1 aliphatic heterocycles. The fraction of sp³-hybridized carbons (Fsp3) is 0.533. The molecule has 3 aromatic rings. The Bertz CT molecular complexity index is 902. The molecule has 0 amide bonds. The number of nitrogens with zero attached hydrogens (tertiary/aromatic N) is 8. The van der Waals surface area contributed by atoms with Gasteiger partial charge in [-0.1, -0.05) is 0 Å². The second-order valence-electron chi connectivity index (χ2n) is 6.47. The highest BCUT2D eigenvalue weighted by Crippen LogP contribution is 2.29. The number of piperidine rings is 1. The Morgan fingerprint density at radius 1 is 1.27 bits per heavy atom. The molecule has 26 heavy (non-hydrogen) atoms. The molecule has 11 heteroatoms. The summed E-state index contributed by atoms with van der Waals surface area (Å²) in [5.74, 6) is -0.308. The molecule has 1 fully saturated rings. The zero-order valence-electron chi connectivity index (χ0n) is 14.1. The second kappa shape index (κ2) is 6.22. The van der Waals surface area contributed by atoms with Crippen LogP contribution >= 0.6 is 0 Å². The van der Waals surface area contributed by atoms with Gasteiger partial charge in [0.25, 0.3) is 11.6 Å². The van der Waals surface area contributed by atoms with Crippen LogP contribution in [0, 0.1) is 12.8 Å². The highest BCUT2D eigenvalue weighted by atomic mass is 19.4. The highest BCUT2D eigenvalue weighted by molar-refractivity contribution is 5.48. The van der Waals surface area contributed by atoms with E-state index < -0.39 is 12.0 Å². The number of alkyl halides is 3. The van der Waals surface area contributed by atoms with Crippen LogP contribution in [0.25, 0.3) is 5.78 Å². The fourth-order valence-corrected chi connectivity index (χ4v) is 3.33. The van der Waals surface area contributed by atoms with Crippen LogP contribution in [0.2, 0.25) is 0 Å². The number of halogens is 3. The molecule has 8 nitrogen and oxygen atoms in total. The maximum absolute atomic E-state index is 13.0. The quantitative estimate of drug-likeness (QED) is 0.705. The molecular formula is C15H17F3N8. The monoisotopic (exact) mass is 366 g/mol. The smallest absolute Gasteiger partial charge is 0.356 e. The van der Waals surface area contributed by atoms with Crippen molar-refractivity contribution in [3.63, 3.8) is 0 Å². The van der Waals surface area contributed by atoms with Crippen LogP contribution in [0.15, 0.2) is 18.7 Å². The molecule has 0 aliphatic carbocycles. The highest BCUT2D eigenvalue weighted by Gasteiger charge is 2.37. The average Bonchev–Trinajstić information content (AvgIpc) is 3.23. The minimum Gasteiger partial charge on any atom is -0.356 e. The van der Waals surface area contributed by atoms with E-state index in [-0.39, 0.29) is 5.78 Å². The molecule has 1 unspecified atom stereocenters. The number of fused-ring (bicyclic) bond motifs is 1. The van der Waals surface area contributed by atoms with Gasteiger partial charge in [0.1, 0.15) is 18.5 Å². The molecule has 0 spiro atoms. The number of hydrogen-bond acceptors (Lipinski definition) is 6. The maximum Gasteiger partial charge on any atom is 0.453 e. The summed E-state index contributed by atoms with van der Waals surface area (Å²) in [4.78, 5) is 13.6. The van der Waals surface area contributed by atoms with E-state index in [1.807, 2.05) is 4.90 Å². The molecule has 0 aromatic carbocycles. The van der Waals surface area contributed by atoms with Gasteiger partial charge in [-0.2, -0.15) is 27.8 Å². The Morgan fingerprint density at radius 2 is 2.12 bits per heavy atom. The van der Waals surface area contributed by atoms with E-state index in [9.17, 15) is 13.2 Å². The molecule has 0 radical (unpaired) electrons. The van der Waals surface area contributed by atoms with Crippen LogP contribution < -0.4 is 4.90 Å². The van der Waals surface area contributed by atoms with Gasteiger partial charge < -0.3 is 4.90 Å². The van der Waals surface area contributed by atoms with Crippen molar-refractivity contribution in [3.8, 4) is 0 Å². The van der Waals surface area contributed by atoms with Gasteiger partial charge in [0, 0.05) is 31.4 Å². The van der Waals surface area contributed by atoms with Crippen LogP contribution in [-0.2, 0) is 12.7 Å². The minimum atomic E-state index is -4.60. The lowest BCUT2D eigenvalue weighted by molar-refractivity contribution is -0.144. The Morgan fingerprint density at radius 3 is 2.85 bits per heavy atom. The molecule has 0 bridgehead atoms. The lowest BCUT2D eigenvalue weighted by atomic mass is 9.98. The molecule has 3 aromatic heterocycles. The molecular weight excluding hydrogens is 349 g/mol. The average molecular weight is 366 g/mol. The van der Waals surface area contributed by atoms with Crippen LogP contribution in [-0.4, -0.2) is 47.4 Å². The van der Waals surface area contributed by atoms with Crippen molar-refractivity contribution in [2.24, 2.45) is 5.92 Å². The van der Waals surface area contributed by atoms with Gasteiger partial charge in [-0.25, -0.2) is 9.97 Å². The number of rotatable bonds is 3. The third kappa shape index (κ3) is 3.20. The first kappa shape index (κ1) is 16.7. The van der Waals surface area contributed by atoms with Crippen molar-refractivity contribution in [3.05, 3.63) is 30.2 Å². The summed E-state index contributed by atoms with van der Waals surface area (Å²) in [7, 11) is 0. The third-order valence-electron chi connectivity index (χ3n) is 4.43. The molecule has 0 saturated carbocycles. The summed E-state index contributed by atoms with van der Waals surface area (Å²) in [5, 5.41) is 7.78. The van der Waals surface area contributed by atoms with Crippen LogP contribution in [0.3, 0.4) is 0 Å². The van der Waals surface area contributed by atoms with E-state index in [0.29, 0.717) is 24.0 Å². The topological polar surface area (TPSA) is 77.0 Å². The fourth-order valence-electron chi connectivity index (χ4n) is 3.33. The Balaban J connectivity index is 1.65. The summed E-state index contributed by atoms with van der Waals surface area (Å²) in [5.41, 5.74) is 0.604. The minimum absolute atomic E-state index is 0.0364. The van der Waals surface area contributed by atoms with Gasteiger partial charge in [-0.3, -0.25) is 4.68 Å². The Kier molecular flexibility index (Phi) is 4.00. The third-order valence-corrected chi connectivity index (χ3v) is 4.43. The molecule has 1 atom stereocenters. The lowest BCUT2D eigenvalue weighted by Gasteiger charge is -2.34. The van der Waals surface area contributed by atoms with Gasteiger partial charge in [-0.15, -0.1) is 5.10 Å². The van der Waals surface area contributed by atoms with E-state index in [0.717, 1.165) is 25.9 Å². The van der Waals surface area contributed by atoms with Gasteiger partial charge >= 0.3 is 6.18 Å². The van der Waals surface area contributed by atoms with E-state index >= 15 is 0 Å². The summed E-state index contributed by atoms with van der Waals surface area (Å²) >= 11 is 0. The first-order valence-electron chi connectivity index (χ1n) is 8.29. The predicted molar refractivity (Wildman–Crippen MR) is 85.5 cm³/mol. The summed E-state index contributed by atoms with van der Waals surface area (Å²) in [6.07, 6.45) is 0.513. The van der Waals surface area contributed by atoms with Gasteiger partial charge in [-0.05, 0) is 25.7 Å². The maximum atomic E-state index is 13.0. The molecule has 1 saturated heterocycles. The van der Waals surface area contributed by atoms with Crippen molar-refractivity contribution >= 4 is 11.6 Å². The van der Waals surface area contributed by atoms with E-state index in [1.165, 1.54) is 10.8 Å². The zero-order chi connectivity index (χ0) is 18.3.